The Morgan fingerprint density at radius 3 is 2.84 bits per heavy atom. The fraction of sp³-hybridized carbons (Fsp3) is 0.250. The summed E-state index contributed by atoms with van der Waals surface area (Å²) in [5.41, 5.74) is 5.93. The molecule has 0 aliphatic carbocycles. The highest BCUT2D eigenvalue weighted by molar-refractivity contribution is 9.11. The van der Waals surface area contributed by atoms with Gasteiger partial charge in [0.2, 0.25) is 0 Å². The second-order valence-electron chi connectivity index (χ2n) is 3.72. The van der Waals surface area contributed by atoms with Crippen LogP contribution in [0.1, 0.15) is 21.0 Å². The summed E-state index contributed by atoms with van der Waals surface area (Å²) >= 11 is 5.08. The summed E-state index contributed by atoms with van der Waals surface area (Å²) in [5, 5.41) is 2.85. The number of amides is 1. The summed E-state index contributed by atoms with van der Waals surface area (Å²) in [5.74, 6) is 0.483. The average molecular weight is 366 g/mol. The number of furan rings is 1. The molecule has 0 saturated heterocycles. The lowest BCUT2D eigenvalue weighted by Crippen LogP contribution is -2.25. The van der Waals surface area contributed by atoms with E-state index in [1.165, 1.54) is 11.1 Å². The van der Waals surface area contributed by atoms with E-state index < -0.39 is 0 Å². The lowest BCUT2D eigenvalue weighted by Gasteiger charge is -2.01. The largest absolute Gasteiger partial charge is 0.467 e. The van der Waals surface area contributed by atoms with Gasteiger partial charge < -0.3 is 15.5 Å². The molecule has 0 aliphatic rings. The zero-order chi connectivity index (χ0) is 13.0. The van der Waals surface area contributed by atoms with Gasteiger partial charge in [-0.3, -0.25) is 4.79 Å². The van der Waals surface area contributed by atoms with E-state index in [4.69, 9.17) is 10.2 Å². The molecule has 0 saturated carbocycles. The Labute approximate surface area is 129 Å². The van der Waals surface area contributed by atoms with E-state index in [0.29, 0.717) is 24.4 Å². The van der Waals surface area contributed by atoms with Gasteiger partial charge in [-0.25, -0.2) is 0 Å². The van der Waals surface area contributed by atoms with Gasteiger partial charge in [0, 0.05) is 11.4 Å². The molecule has 4 nitrogen and oxygen atoms in total. The van der Waals surface area contributed by atoms with Gasteiger partial charge in [0.25, 0.3) is 5.91 Å². The van der Waals surface area contributed by atoms with Gasteiger partial charge in [-0.15, -0.1) is 23.7 Å². The molecule has 7 heteroatoms. The molecule has 0 spiro atoms. The summed E-state index contributed by atoms with van der Waals surface area (Å²) in [4.78, 5) is 13.0. The quantitative estimate of drug-likeness (QED) is 0.856. The van der Waals surface area contributed by atoms with Crippen LogP contribution in [0.15, 0.2) is 32.7 Å². The van der Waals surface area contributed by atoms with E-state index in [1.807, 2.05) is 12.1 Å². The van der Waals surface area contributed by atoms with Gasteiger partial charge in [-0.1, -0.05) is 0 Å². The van der Waals surface area contributed by atoms with E-state index in [-0.39, 0.29) is 18.3 Å². The van der Waals surface area contributed by atoms with Crippen LogP contribution in [0, 0.1) is 0 Å². The van der Waals surface area contributed by atoms with Crippen LogP contribution in [-0.4, -0.2) is 12.5 Å². The van der Waals surface area contributed by atoms with Crippen LogP contribution in [0.3, 0.4) is 0 Å². The number of hydrogen-bond acceptors (Lipinski definition) is 4. The van der Waals surface area contributed by atoms with Crippen molar-refractivity contribution in [2.24, 2.45) is 5.73 Å². The molecule has 0 unspecified atom stereocenters. The first-order valence-corrected chi connectivity index (χ1v) is 7.10. The Balaban J connectivity index is 0.00000180. The van der Waals surface area contributed by atoms with Crippen molar-refractivity contribution >= 4 is 45.6 Å². The highest BCUT2D eigenvalue weighted by atomic mass is 79.9. The van der Waals surface area contributed by atoms with Crippen molar-refractivity contribution in [2.45, 2.75) is 13.0 Å². The first-order valence-electron chi connectivity index (χ1n) is 5.49. The molecular formula is C12H14BrClN2O2S. The third kappa shape index (κ3) is 4.65. The van der Waals surface area contributed by atoms with Crippen LogP contribution >= 0.6 is 39.7 Å². The predicted molar refractivity (Wildman–Crippen MR) is 81.9 cm³/mol. The van der Waals surface area contributed by atoms with Crippen LogP contribution in [0.2, 0.25) is 0 Å². The molecule has 2 rings (SSSR count). The van der Waals surface area contributed by atoms with Gasteiger partial charge in [-0.2, -0.15) is 0 Å². The number of nitrogens with one attached hydrogen (secondary N) is 1. The number of rotatable bonds is 5. The molecule has 3 N–H and O–H groups in total. The van der Waals surface area contributed by atoms with Crippen LogP contribution in [0.25, 0.3) is 0 Å². The van der Waals surface area contributed by atoms with E-state index in [9.17, 15) is 4.79 Å². The topological polar surface area (TPSA) is 68.3 Å². The lowest BCUT2D eigenvalue weighted by atomic mass is 10.3. The predicted octanol–water partition coefficient (Wildman–Crippen LogP) is 2.96. The van der Waals surface area contributed by atoms with Crippen LogP contribution in [0.4, 0.5) is 0 Å². The van der Waals surface area contributed by atoms with Gasteiger partial charge in [-0.05, 0) is 40.5 Å². The Hall–Kier alpha value is -0.820. The van der Waals surface area contributed by atoms with Gasteiger partial charge in [0.1, 0.15) is 12.0 Å². The van der Waals surface area contributed by atoms with Crippen molar-refractivity contribution in [3.05, 3.63) is 44.4 Å². The molecule has 2 aromatic rings. The number of halogens is 2. The SMILES string of the molecule is Cl.NCc1cc(C(=O)NCCc2ccc(Br)s2)co1. The molecule has 1 amide bonds. The Bertz CT molecular complexity index is 541. The molecule has 0 aromatic carbocycles. The second-order valence-corrected chi connectivity index (χ2v) is 6.27. The molecule has 0 aliphatic heterocycles. The van der Waals surface area contributed by atoms with E-state index in [2.05, 4.69) is 21.2 Å². The lowest BCUT2D eigenvalue weighted by molar-refractivity contribution is 0.0953. The molecular weight excluding hydrogens is 352 g/mol. The van der Waals surface area contributed by atoms with Gasteiger partial charge in [0.15, 0.2) is 0 Å². The number of thiophene rings is 1. The minimum Gasteiger partial charge on any atom is -0.467 e. The third-order valence-corrected chi connectivity index (χ3v) is 4.09. The van der Waals surface area contributed by atoms with E-state index in [0.717, 1.165) is 10.2 Å². The number of hydrogen-bond donors (Lipinski definition) is 2. The maximum Gasteiger partial charge on any atom is 0.254 e. The van der Waals surface area contributed by atoms with Crippen molar-refractivity contribution in [3.63, 3.8) is 0 Å². The molecule has 0 fully saturated rings. The Kier molecular flexibility index (Phi) is 6.57. The summed E-state index contributed by atoms with van der Waals surface area (Å²) < 4.78 is 6.22. The van der Waals surface area contributed by atoms with E-state index >= 15 is 0 Å². The zero-order valence-electron chi connectivity index (χ0n) is 10.0. The van der Waals surface area contributed by atoms with Crippen molar-refractivity contribution in [1.29, 1.82) is 0 Å². The molecule has 0 atom stereocenters. The molecule has 0 radical (unpaired) electrons. The van der Waals surface area contributed by atoms with Crippen molar-refractivity contribution < 1.29 is 9.21 Å². The maximum absolute atomic E-state index is 11.8. The fourth-order valence-electron chi connectivity index (χ4n) is 1.49. The van der Waals surface area contributed by atoms with Crippen LogP contribution in [-0.2, 0) is 13.0 Å². The first kappa shape index (κ1) is 16.2. The Morgan fingerprint density at radius 2 is 2.26 bits per heavy atom. The van der Waals surface area contributed by atoms with Crippen molar-refractivity contribution in [2.75, 3.05) is 6.54 Å². The third-order valence-electron chi connectivity index (χ3n) is 2.40. The Morgan fingerprint density at radius 1 is 1.47 bits per heavy atom. The second kappa shape index (κ2) is 7.69. The molecule has 19 heavy (non-hydrogen) atoms. The zero-order valence-corrected chi connectivity index (χ0v) is 13.2. The highest BCUT2D eigenvalue weighted by Crippen LogP contribution is 2.22. The minimum absolute atomic E-state index is 0. The first-order chi connectivity index (χ1) is 8.69. The van der Waals surface area contributed by atoms with Crippen LogP contribution in [0.5, 0.6) is 0 Å². The molecule has 2 heterocycles. The molecule has 104 valence electrons. The summed E-state index contributed by atoms with van der Waals surface area (Å²) in [6.45, 7) is 0.908. The van der Waals surface area contributed by atoms with Crippen molar-refractivity contribution in [1.82, 2.24) is 5.32 Å². The van der Waals surface area contributed by atoms with Gasteiger partial charge >= 0.3 is 0 Å². The van der Waals surface area contributed by atoms with Crippen LogP contribution < -0.4 is 11.1 Å². The molecule has 0 bridgehead atoms. The highest BCUT2D eigenvalue weighted by Gasteiger charge is 2.09. The standard InChI is InChI=1S/C12H13BrN2O2S.ClH/c13-11-2-1-10(18-11)3-4-15-12(16)8-5-9(6-14)17-7-8;/h1-2,5,7H,3-4,6,14H2,(H,15,16);1H. The monoisotopic (exact) mass is 364 g/mol. The summed E-state index contributed by atoms with van der Waals surface area (Å²) in [6.07, 6.45) is 2.25. The number of carbonyl (C=O) groups is 1. The summed E-state index contributed by atoms with van der Waals surface area (Å²) in [7, 11) is 0. The minimum atomic E-state index is -0.130. The van der Waals surface area contributed by atoms with Gasteiger partial charge in [0.05, 0.1) is 15.9 Å². The van der Waals surface area contributed by atoms with Crippen molar-refractivity contribution in [3.8, 4) is 0 Å². The molecule has 2 aromatic heterocycles. The fourth-order valence-corrected chi connectivity index (χ4v) is 2.98. The average Bonchev–Trinajstić information content (AvgIpc) is 2.98. The summed E-state index contributed by atoms with van der Waals surface area (Å²) in [6, 6.07) is 5.72. The number of carbonyl (C=O) groups excluding carboxylic acids is 1. The normalized spacial score (nSPS) is 10.0. The van der Waals surface area contributed by atoms with E-state index in [1.54, 1.807) is 17.4 Å². The maximum atomic E-state index is 11.8. The smallest absolute Gasteiger partial charge is 0.254 e. The number of nitrogens with two attached hydrogens (primary N) is 1.